The number of nitrogens with one attached hydrogen (secondary N) is 1. The second kappa shape index (κ2) is 14.2. The van der Waals surface area contributed by atoms with Crippen LogP contribution in [0.3, 0.4) is 0 Å². The molecule has 0 unspecified atom stereocenters. The lowest BCUT2D eigenvalue weighted by Gasteiger charge is -2.36. The number of carbonyl (C=O) groups is 1. The van der Waals surface area contributed by atoms with Crippen LogP contribution in [0.15, 0.2) is 4.99 Å². The molecule has 1 fully saturated rings. The van der Waals surface area contributed by atoms with Crippen molar-refractivity contribution in [3.8, 4) is 0 Å². The van der Waals surface area contributed by atoms with Crippen molar-refractivity contribution < 1.29 is 27.4 Å². The Bertz CT molecular complexity index is 549. The van der Waals surface area contributed by atoms with Gasteiger partial charge in [0.25, 0.3) is 0 Å². The van der Waals surface area contributed by atoms with Crippen LogP contribution in [0.25, 0.3) is 0 Å². The molecule has 1 rings (SSSR count). The summed E-state index contributed by atoms with van der Waals surface area (Å²) in [6, 6.07) is 0. The molecule has 0 atom stereocenters. The van der Waals surface area contributed by atoms with Crippen molar-refractivity contribution in [3.63, 3.8) is 0 Å². The van der Waals surface area contributed by atoms with Crippen molar-refractivity contribution in [2.45, 2.75) is 58.7 Å². The summed E-state index contributed by atoms with van der Waals surface area (Å²) in [6.07, 6.45) is -2.25. The van der Waals surface area contributed by atoms with Gasteiger partial charge < -0.3 is 24.6 Å². The van der Waals surface area contributed by atoms with Gasteiger partial charge in [0, 0.05) is 46.4 Å². The number of rotatable bonds is 8. The molecule has 1 saturated heterocycles. The molecule has 7 nitrogen and oxygen atoms in total. The normalized spacial score (nSPS) is 16.0. The van der Waals surface area contributed by atoms with Crippen molar-refractivity contribution in [2.24, 2.45) is 10.9 Å². The van der Waals surface area contributed by atoms with Crippen LogP contribution < -0.4 is 5.32 Å². The van der Waals surface area contributed by atoms with E-state index in [9.17, 15) is 18.0 Å². The molecule has 0 radical (unpaired) electrons. The van der Waals surface area contributed by atoms with E-state index >= 15 is 0 Å². The Kier molecular flexibility index (Phi) is 13.8. The standard InChI is InChI=1S/C20H37F3N4O3.HI/c1-6-26(18(28)30-19(2,3)4)14-16-8-11-27(12-9-16)17(24-5)25-10-7-13-29-15-20(21,22)23;/h16H,6-15H2,1-5H3,(H,24,25);1H. The van der Waals surface area contributed by atoms with E-state index in [1.807, 2.05) is 27.7 Å². The number of hydrogen-bond acceptors (Lipinski definition) is 4. The Labute approximate surface area is 201 Å². The average molecular weight is 566 g/mol. The topological polar surface area (TPSA) is 66.4 Å². The SMILES string of the molecule is CCN(CC1CCN(C(=NC)NCCCOCC(F)(F)F)CC1)C(=O)OC(C)(C)C.I. The van der Waals surface area contributed by atoms with Crippen LogP contribution in [-0.4, -0.2) is 86.6 Å². The predicted octanol–water partition coefficient (Wildman–Crippen LogP) is 4.12. The van der Waals surface area contributed by atoms with Gasteiger partial charge in [0.2, 0.25) is 0 Å². The third kappa shape index (κ3) is 13.2. The summed E-state index contributed by atoms with van der Waals surface area (Å²) in [6.45, 7) is 9.74. The van der Waals surface area contributed by atoms with E-state index in [4.69, 9.17) is 4.74 Å². The molecular weight excluding hydrogens is 528 g/mol. The lowest BCUT2D eigenvalue weighted by molar-refractivity contribution is -0.173. The Balaban J connectivity index is 0.00000900. The number of guanidine groups is 1. The predicted molar refractivity (Wildman–Crippen MR) is 126 cm³/mol. The van der Waals surface area contributed by atoms with E-state index in [0.717, 1.165) is 31.9 Å². The summed E-state index contributed by atoms with van der Waals surface area (Å²) in [5.74, 6) is 1.13. The number of alkyl halides is 3. The minimum atomic E-state index is -4.29. The van der Waals surface area contributed by atoms with Gasteiger partial charge in [0.05, 0.1) is 0 Å². The van der Waals surface area contributed by atoms with Gasteiger partial charge in [-0.15, -0.1) is 24.0 Å². The molecule has 1 aliphatic heterocycles. The Morgan fingerprint density at radius 3 is 2.32 bits per heavy atom. The summed E-state index contributed by atoms with van der Waals surface area (Å²) < 4.78 is 46.2. The molecule has 0 aromatic carbocycles. The molecule has 0 aliphatic carbocycles. The number of aliphatic imine (C=N–C) groups is 1. The molecule has 0 bridgehead atoms. The third-order valence-corrected chi connectivity index (χ3v) is 4.65. The molecule has 1 aliphatic rings. The van der Waals surface area contributed by atoms with Crippen LogP contribution in [0.2, 0.25) is 0 Å². The van der Waals surface area contributed by atoms with Gasteiger partial charge in [0.1, 0.15) is 12.2 Å². The third-order valence-electron chi connectivity index (χ3n) is 4.65. The van der Waals surface area contributed by atoms with E-state index in [-0.39, 0.29) is 36.7 Å². The highest BCUT2D eigenvalue weighted by Crippen LogP contribution is 2.20. The van der Waals surface area contributed by atoms with Gasteiger partial charge in [-0.2, -0.15) is 13.2 Å². The summed E-state index contributed by atoms with van der Waals surface area (Å²) in [5, 5.41) is 3.18. The van der Waals surface area contributed by atoms with Crippen LogP contribution in [0.5, 0.6) is 0 Å². The Morgan fingerprint density at radius 1 is 1.23 bits per heavy atom. The van der Waals surface area contributed by atoms with E-state index in [1.54, 1.807) is 11.9 Å². The number of halogens is 4. The van der Waals surface area contributed by atoms with Gasteiger partial charge in [0.15, 0.2) is 5.96 Å². The van der Waals surface area contributed by atoms with E-state index < -0.39 is 18.4 Å². The van der Waals surface area contributed by atoms with Crippen molar-refractivity contribution >= 4 is 36.0 Å². The van der Waals surface area contributed by atoms with Gasteiger partial charge in [-0.05, 0) is 52.9 Å². The first kappa shape index (κ1) is 30.0. The van der Waals surface area contributed by atoms with Crippen LogP contribution in [-0.2, 0) is 9.47 Å². The van der Waals surface area contributed by atoms with Crippen molar-refractivity contribution in [2.75, 3.05) is 53.0 Å². The van der Waals surface area contributed by atoms with Crippen molar-refractivity contribution in [1.82, 2.24) is 15.1 Å². The maximum absolute atomic E-state index is 12.3. The first-order valence-corrected chi connectivity index (χ1v) is 10.5. The molecule has 31 heavy (non-hydrogen) atoms. The highest BCUT2D eigenvalue weighted by atomic mass is 127. The molecular formula is C20H38F3IN4O3. The highest BCUT2D eigenvalue weighted by Gasteiger charge is 2.28. The Hall–Kier alpha value is -0.980. The number of likely N-dealkylation sites (tertiary alicyclic amines) is 1. The van der Waals surface area contributed by atoms with Crippen LogP contribution in [0.4, 0.5) is 18.0 Å². The first-order valence-electron chi connectivity index (χ1n) is 10.5. The number of amides is 1. The molecule has 0 saturated carbocycles. The molecule has 1 N–H and O–H groups in total. The quantitative estimate of drug-likeness (QED) is 0.207. The molecule has 0 aromatic heterocycles. The van der Waals surface area contributed by atoms with Gasteiger partial charge in [-0.3, -0.25) is 4.99 Å². The van der Waals surface area contributed by atoms with Crippen LogP contribution in [0.1, 0.15) is 47.0 Å². The maximum atomic E-state index is 12.3. The largest absolute Gasteiger partial charge is 0.444 e. The Morgan fingerprint density at radius 2 is 1.84 bits per heavy atom. The zero-order valence-electron chi connectivity index (χ0n) is 19.3. The summed E-state index contributed by atoms with van der Waals surface area (Å²) in [4.78, 5) is 20.5. The van der Waals surface area contributed by atoms with E-state index in [2.05, 4.69) is 19.9 Å². The highest BCUT2D eigenvalue weighted by molar-refractivity contribution is 14.0. The minimum Gasteiger partial charge on any atom is -0.444 e. The molecule has 0 aromatic rings. The zero-order chi connectivity index (χ0) is 22.8. The second-order valence-electron chi connectivity index (χ2n) is 8.44. The van der Waals surface area contributed by atoms with Crippen LogP contribution in [0, 0.1) is 5.92 Å². The number of nitrogens with zero attached hydrogens (tertiary/aromatic N) is 3. The van der Waals surface area contributed by atoms with Gasteiger partial charge in [-0.1, -0.05) is 0 Å². The van der Waals surface area contributed by atoms with Crippen LogP contribution >= 0.6 is 24.0 Å². The lowest BCUT2D eigenvalue weighted by atomic mass is 9.96. The molecule has 11 heteroatoms. The fourth-order valence-corrected chi connectivity index (χ4v) is 3.19. The minimum absolute atomic E-state index is 0. The number of piperidine rings is 1. The summed E-state index contributed by atoms with van der Waals surface area (Å²) in [7, 11) is 1.69. The lowest BCUT2D eigenvalue weighted by Crippen LogP contribution is -2.48. The molecule has 0 spiro atoms. The summed E-state index contributed by atoms with van der Waals surface area (Å²) in [5.41, 5.74) is -0.510. The summed E-state index contributed by atoms with van der Waals surface area (Å²) >= 11 is 0. The molecule has 1 heterocycles. The van der Waals surface area contributed by atoms with E-state index in [1.165, 1.54) is 0 Å². The van der Waals surface area contributed by atoms with Gasteiger partial charge in [-0.25, -0.2) is 4.79 Å². The second-order valence-corrected chi connectivity index (χ2v) is 8.44. The van der Waals surface area contributed by atoms with Gasteiger partial charge >= 0.3 is 12.3 Å². The maximum Gasteiger partial charge on any atom is 0.411 e. The fourth-order valence-electron chi connectivity index (χ4n) is 3.19. The number of ether oxygens (including phenoxy) is 2. The monoisotopic (exact) mass is 566 g/mol. The average Bonchev–Trinajstić information content (AvgIpc) is 2.64. The van der Waals surface area contributed by atoms with Crippen molar-refractivity contribution in [3.05, 3.63) is 0 Å². The zero-order valence-corrected chi connectivity index (χ0v) is 21.6. The number of hydrogen-bond donors (Lipinski definition) is 1. The number of carbonyl (C=O) groups excluding carboxylic acids is 1. The fraction of sp³-hybridized carbons (Fsp3) is 0.900. The van der Waals surface area contributed by atoms with E-state index in [0.29, 0.717) is 32.0 Å². The van der Waals surface area contributed by atoms with Crippen molar-refractivity contribution in [1.29, 1.82) is 0 Å². The molecule has 184 valence electrons. The smallest absolute Gasteiger partial charge is 0.411 e. The first-order chi connectivity index (χ1) is 13.9. The molecule has 1 amide bonds.